The number of methoxy groups -OCH3 is 3. The monoisotopic (exact) mass is 508 g/mol. The molecule has 1 N–H and O–H groups in total. The lowest BCUT2D eigenvalue weighted by atomic mass is 10.0. The highest BCUT2D eigenvalue weighted by molar-refractivity contribution is 7.16. The Morgan fingerprint density at radius 1 is 0.972 bits per heavy atom. The summed E-state index contributed by atoms with van der Waals surface area (Å²) in [6.07, 6.45) is 6.90. The van der Waals surface area contributed by atoms with E-state index in [9.17, 15) is 4.79 Å². The lowest BCUT2D eigenvalue weighted by Crippen LogP contribution is -2.14. The summed E-state index contributed by atoms with van der Waals surface area (Å²) < 4.78 is 22.2. The molecule has 3 aromatic rings. The number of hydrogen-bond acceptors (Lipinski definition) is 7. The number of aryl methyl sites for hydroxylation is 1. The van der Waals surface area contributed by atoms with Gasteiger partial charge in [0.05, 0.1) is 39.2 Å². The highest BCUT2D eigenvalue weighted by atomic mass is 32.1. The molecule has 0 spiro atoms. The molecule has 1 aliphatic rings. The van der Waals surface area contributed by atoms with Gasteiger partial charge in [0.2, 0.25) is 5.75 Å². The van der Waals surface area contributed by atoms with Crippen molar-refractivity contribution < 1.29 is 23.7 Å². The van der Waals surface area contributed by atoms with E-state index < -0.39 is 0 Å². The van der Waals surface area contributed by atoms with Crippen molar-refractivity contribution in [2.75, 3.05) is 33.3 Å². The van der Waals surface area contributed by atoms with Crippen molar-refractivity contribution in [3.63, 3.8) is 0 Å². The van der Waals surface area contributed by atoms with Gasteiger partial charge in [0, 0.05) is 16.7 Å². The number of nitrogens with zero attached hydrogens (tertiary/aromatic N) is 1. The predicted octanol–water partition coefficient (Wildman–Crippen LogP) is 6.44. The summed E-state index contributed by atoms with van der Waals surface area (Å²) in [6.45, 7) is 2.44. The van der Waals surface area contributed by atoms with Crippen molar-refractivity contribution in [3.05, 3.63) is 58.0 Å². The molecule has 1 heterocycles. The number of carbonyl (C=O) groups excluding carboxylic acids is 1. The van der Waals surface area contributed by atoms with Crippen molar-refractivity contribution in [1.29, 1.82) is 0 Å². The number of benzene rings is 2. The normalized spacial score (nSPS) is 13.1. The van der Waals surface area contributed by atoms with E-state index in [1.807, 2.05) is 43.3 Å². The second-order valence-corrected chi connectivity index (χ2v) is 9.39. The van der Waals surface area contributed by atoms with Crippen LogP contribution in [0.4, 0.5) is 10.7 Å². The number of carbonyl (C=O) groups is 1. The highest BCUT2D eigenvalue weighted by Gasteiger charge is 2.25. The molecule has 0 atom stereocenters. The average molecular weight is 509 g/mol. The maximum atomic E-state index is 13.7. The average Bonchev–Trinajstić information content (AvgIpc) is 3.08. The van der Waals surface area contributed by atoms with Gasteiger partial charge in [-0.15, -0.1) is 11.3 Å². The molecule has 0 unspecified atom stereocenters. The summed E-state index contributed by atoms with van der Waals surface area (Å²) >= 11 is 1.59. The summed E-state index contributed by atoms with van der Waals surface area (Å²) in [7, 11) is 4.73. The Labute approximate surface area is 216 Å². The third-order valence-electron chi connectivity index (χ3n) is 6.12. The maximum Gasteiger partial charge on any atom is 0.259 e. The van der Waals surface area contributed by atoms with Crippen molar-refractivity contribution in [3.8, 4) is 23.0 Å². The number of para-hydroxylation sites is 2. The minimum atomic E-state index is -0.173. The van der Waals surface area contributed by atoms with Gasteiger partial charge in [-0.3, -0.25) is 4.79 Å². The molecule has 36 heavy (non-hydrogen) atoms. The van der Waals surface area contributed by atoms with Crippen molar-refractivity contribution in [1.82, 2.24) is 0 Å². The minimum absolute atomic E-state index is 0.173. The number of anilines is 1. The zero-order chi connectivity index (χ0) is 25.5. The first-order valence-electron chi connectivity index (χ1n) is 12.1. The third-order valence-corrected chi connectivity index (χ3v) is 7.32. The van der Waals surface area contributed by atoms with Gasteiger partial charge < -0.3 is 24.3 Å². The quantitative estimate of drug-likeness (QED) is 0.266. The summed E-state index contributed by atoms with van der Waals surface area (Å²) in [5.41, 5.74) is 3.12. The number of rotatable bonds is 9. The standard InChI is InChI=1S/C28H32N2O5S/c1-5-35-21-13-10-9-12-20(21)30-27(31)24-19-11-7-6-8-14-23(19)36-28(24)29-17-18-15-16-22(32-2)26(34-4)25(18)33-3/h9-10,12-13,15-17H,5-8,11,14H2,1-4H3,(H,30,31)/b29-17-. The number of hydrogen-bond donors (Lipinski definition) is 1. The Bertz CT molecular complexity index is 1250. The van der Waals surface area contributed by atoms with Gasteiger partial charge in [-0.2, -0.15) is 0 Å². The molecule has 0 aliphatic heterocycles. The zero-order valence-corrected chi connectivity index (χ0v) is 22.0. The molecular formula is C28H32N2O5S. The molecule has 1 amide bonds. The van der Waals surface area contributed by atoms with Crippen molar-refractivity contribution in [2.24, 2.45) is 4.99 Å². The van der Waals surface area contributed by atoms with Crippen LogP contribution in [0.15, 0.2) is 41.4 Å². The first-order valence-corrected chi connectivity index (χ1v) is 12.9. The first-order chi connectivity index (χ1) is 17.6. The topological polar surface area (TPSA) is 78.4 Å². The summed E-state index contributed by atoms with van der Waals surface area (Å²) in [5, 5.41) is 3.76. The third kappa shape index (κ3) is 5.33. The van der Waals surface area contributed by atoms with Crippen LogP contribution in [0.3, 0.4) is 0 Å². The fourth-order valence-electron chi connectivity index (χ4n) is 4.44. The van der Waals surface area contributed by atoms with Gasteiger partial charge in [-0.05, 0) is 62.4 Å². The van der Waals surface area contributed by atoms with Crippen LogP contribution in [0, 0.1) is 0 Å². The van der Waals surface area contributed by atoms with E-state index in [0.717, 1.165) is 43.2 Å². The Morgan fingerprint density at radius 2 is 1.75 bits per heavy atom. The SMILES string of the molecule is CCOc1ccccc1NC(=O)c1c(/N=C\c2ccc(OC)c(OC)c2OC)sc2c1CCCCC2. The Kier molecular flexibility index (Phi) is 8.48. The number of aliphatic imine (C=N–C) groups is 1. The van der Waals surface area contributed by atoms with Crippen LogP contribution >= 0.6 is 11.3 Å². The van der Waals surface area contributed by atoms with E-state index in [0.29, 0.717) is 45.9 Å². The van der Waals surface area contributed by atoms with Gasteiger partial charge in [0.1, 0.15) is 10.8 Å². The Morgan fingerprint density at radius 3 is 2.50 bits per heavy atom. The summed E-state index contributed by atoms with van der Waals surface area (Å²) in [5.74, 6) is 2.07. The number of ether oxygens (including phenoxy) is 4. The number of thiophene rings is 1. The van der Waals surface area contributed by atoms with Crippen LogP contribution in [0.1, 0.15) is 52.5 Å². The van der Waals surface area contributed by atoms with Crippen LogP contribution in [0.5, 0.6) is 23.0 Å². The van der Waals surface area contributed by atoms with E-state index in [2.05, 4.69) is 5.32 Å². The lowest BCUT2D eigenvalue weighted by Gasteiger charge is -2.14. The molecule has 1 aliphatic carbocycles. The summed E-state index contributed by atoms with van der Waals surface area (Å²) in [4.78, 5) is 19.7. The Hall–Kier alpha value is -3.52. The van der Waals surface area contributed by atoms with E-state index in [1.165, 1.54) is 4.88 Å². The van der Waals surface area contributed by atoms with Crippen LogP contribution < -0.4 is 24.3 Å². The largest absolute Gasteiger partial charge is 0.493 e. The molecule has 8 heteroatoms. The van der Waals surface area contributed by atoms with Crippen molar-refractivity contribution >= 4 is 34.1 Å². The van der Waals surface area contributed by atoms with E-state index >= 15 is 0 Å². The van der Waals surface area contributed by atoms with E-state index in [1.54, 1.807) is 38.9 Å². The van der Waals surface area contributed by atoms with E-state index in [-0.39, 0.29) is 5.91 Å². The predicted molar refractivity (Wildman–Crippen MR) is 144 cm³/mol. The molecule has 4 rings (SSSR count). The molecule has 7 nitrogen and oxygen atoms in total. The lowest BCUT2D eigenvalue weighted by molar-refractivity contribution is 0.102. The fourth-order valence-corrected chi connectivity index (χ4v) is 5.67. The first kappa shape index (κ1) is 25.6. The van der Waals surface area contributed by atoms with Gasteiger partial charge in [-0.1, -0.05) is 18.6 Å². The van der Waals surface area contributed by atoms with Crippen molar-refractivity contribution in [2.45, 2.75) is 39.0 Å². The second kappa shape index (κ2) is 11.9. The smallest absolute Gasteiger partial charge is 0.259 e. The van der Waals surface area contributed by atoms with Gasteiger partial charge in [0.25, 0.3) is 5.91 Å². The fraction of sp³-hybridized carbons (Fsp3) is 0.357. The molecule has 0 saturated carbocycles. The van der Waals surface area contributed by atoms with Gasteiger partial charge >= 0.3 is 0 Å². The van der Waals surface area contributed by atoms with Gasteiger partial charge in [-0.25, -0.2) is 4.99 Å². The number of amides is 1. The molecule has 0 radical (unpaired) electrons. The molecule has 2 aromatic carbocycles. The minimum Gasteiger partial charge on any atom is -0.493 e. The van der Waals surface area contributed by atoms with Crippen LogP contribution in [-0.2, 0) is 12.8 Å². The molecule has 0 fully saturated rings. The Balaban J connectivity index is 1.74. The van der Waals surface area contributed by atoms with Crippen LogP contribution in [-0.4, -0.2) is 40.1 Å². The van der Waals surface area contributed by atoms with Crippen LogP contribution in [0.25, 0.3) is 0 Å². The number of fused-ring (bicyclic) bond motifs is 1. The maximum absolute atomic E-state index is 13.7. The highest BCUT2D eigenvalue weighted by Crippen LogP contribution is 2.42. The van der Waals surface area contributed by atoms with E-state index in [4.69, 9.17) is 23.9 Å². The molecule has 1 aromatic heterocycles. The van der Waals surface area contributed by atoms with Crippen LogP contribution in [0.2, 0.25) is 0 Å². The van der Waals surface area contributed by atoms with Gasteiger partial charge in [0.15, 0.2) is 11.5 Å². The molecular weight excluding hydrogens is 476 g/mol. The number of nitrogens with one attached hydrogen (secondary N) is 1. The second-order valence-electron chi connectivity index (χ2n) is 8.31. The summed E-state index contributed by atoms with van der Waals surface area (Å²) in [6, 6.07) is 11.2. The zero-order valence-electron chi connectivity index (χ0n) is 21.2. The molecule has 190 valence electrons. The molecule has 0 bridgehead atoms. The molecule has 0 saturated heterocycles.